The molecule has 1 aromatic rings. The van der Waals surface area contributed by atoms with Crippen molar-refractivity contribution in [2.75, 3.05) is 6.61 Å². The smallest absolute Gasteiger partial charge is 0.0590 e. The van der Waals surface area contributed by atoms with Crippen molar-refractivity contribution in [1.82, 2.24) is 5.43 Å². The summed E-state index contributed by atoms with van der Waals surface area (Å²) >= 11 is 0. The molecule has 1 aliphatic heterocycles. The molecule has 1 aliphatic rings. The Bertz CT molecular complexity index is 382. The Labute approximate surface area is 122 Å². The monoisotopic (exact) mass is 276 g/mol. The molecule has 1 saturated heterocycles. The first-order valence-corrected chi connectivity index (χ1v) is 7.85. The van der Waals surface area contributed by atoms with Crippen LogP contribution < -0.4 is 11.3 Å². The molecule has 112 valence electrons. The molecule has 2 rings (SSSR count). The number of nitrogens with two attached hydrogens (primary N) is 1. The first kappa shape index (κ1) is 15.5. The van der Waals surface area contributed by atoms with E-state index >= 15 is 0 Å². The van der Waals surface area contributed by atoms with Gasteiger partial charge in [-0.05, 0) is 49.1 Å². The standard InChI is InChI=1S/C17H28N2O/c1-13(2)15-8-6-14(7-9-15)11-16(19-18)12-17-5-3-4-10-20-17/h6-9,13,16-17,19H,3-5,10-12,18H2,1-2H3. The molecular weight excluding hydrogens is 248 g/mol. The van der Waals surface area contributed by atoms with E-state index in [1.165, 1.54) is 30.4 Å². The summed E-state index contributed by atoms with van der Waals surface area (Å²) in [5, 5.41) is 0. The van der Waals surface area contributed by atoms with Gasteiger partial charge >= 0.3 is 0 Å². The fourth-order valence-electron chi connectivity index (χ4n) is 2.84. The van der Waals surface area contributed by atoms with Crippen LogP contribution in [0.4, 0.5) is 0 Å². The van der Waals surface area contributed by atoms with Crippen LogP contribution in [0.1, 0.15) is 56.6 Å². The summed E-state index contributed by atoms with van der Waals surface area (Å²) < 4.78 is 5.80. The topological polar surface area (TPSA) is 47.3 Å². The molecule has 1 heterocycles. The van der Waals surface area contributed by atoms with Crippen LogP contribution in [-0.2, 0) is 11.2 Å². The molecule has 3 heteroatoms. The van der Waals surface area contributed by atoms with Gasteiger partial charge in [-0.1, -0.05) is 38.1 Å². The van der Waals surface area contributed by atoms with Crippen molar-refractivity contribution in [1.29, 1.82) is 0 Å². The zero-order valence-electron chi connectivity index (χ0n) is 12.8. The molecule has 0 amide bonds. The predicted molar refractivity (Wildman–Crippen MR) is 83.6 cm³/mol. The van der Waals surface area contributed by atoms with Crippen molar-refractivity contribution < 1.29 is 4.74 Å². The molecule has 0 aromatic heterocycles. The number of hydrogen-bond donors (Lipinski definition) is 2. The zero-order chi connectivity index (χ0) is 14.4. The molecule has 0 spiro atoms. The number of hydrogen-bond acceptors (Lipinski definition) is 3. The molecule has 0 radical (unpaired) electrons. The lowest BCUT2D eigenvalue weighted by atomic mass is 9.95. The van der Waals surface area contributed by atoms with Crippen molar-refractivity contribution in [2.45, 2.75) is 64.0 Å². The van der Waals surface area contributed by atoms with Gasteiger partial charge in [0.2, 0.25) is 0 Å². The normalized spacial score (nSPS) is 21.1. The Morgan fingerprint density at radius 3 is 2.55 bits per heavy atom. The molecule has 2 atom stereocenters. The Balaban J connectivity index is 1.88. The second-order valence-electron chi connectivity index (χ2n) is 6.19. The summed E-state index contributed by atoms with van der Waals surface area (Å²) in [7, 11) is 0. The van der Waals surface area contributed by atoms with Gasteiger partial charge < -0.3 is 4.74 Å². The molecule has 1 aromatic carbocycles. The van der Waals surface area contributed by atoms with Gasteiger partial charge in [0.25, 0.3) is 0 Å². The lowest BCUT2D eigenvalue weighted by Crippen LogP contribution is -2.40. The maximum atomic E-state index is 5.80. The first-order chi connectivity index (χ1) is 9.69. The maximum Gasteiger partial charge on any atom is 0.0590 e. The van der Waals surface area contributed by atoms with E-state index in [9.17, 15) is 0 Å². The van der Waals surface area contributed by atoms with Crippen molar-refractivity contribution in [3.8, 4) is 0 Å². The summed E-state index contributed by atoms with van der Waals surface area (Å²) in [6.45, 7) is 5.35. The Hall–Kier alpha value is -0.900. The van der Waals surface area contributed by atoms with Crippen LogP contribution in [0.5, 0.6) is 0 Å². The fourth-order valence-corrected chi connectivity index (χ4v) is 2.84. The molecule has 20 heavy (non-hydrogen) atoms. The van der Waals surface area contributed by atoms with E-state index in [0.29, 0.717) is 18.1 Å². The summed E-state index contributed by atoms with van der Waals surface area (Å²) in [5.41, 5.74) is 5.69. The lowest BCUT2D eigenvalue weighted by Gasteiger charge is -2.26. The van der Waals surface area contributed by atoms with Crippen LogP contribution >= 0.6 is 0 Å². The third kappa shape index (κ3) is 4.58. The van der Waals surface area contributed by atoms with E-state index in [1.54, 1.807) is 0 Å². The predicted octanol–water partition coefficient (Wildman–Crippen LogP) is 3.14. The Morgan fingerprint density at radius 2 is 2.00 bits per heavy atom. The highest BCUT2D eigenvalue weighted by atomic mass is 16.5. The number of benzene rings is 1. The van der Waals surface area contributed by atoms with Crippen LogP contribution in [0, 0.1) is 0 Å². The SMILES string of the molecule is CC(C)c1ccc(CC(CC2CCCCO2)NN)cc1. The van der Waals surface area contributed by atoms with E-state index in [1.807, 2.05) is 0 Å². The van der Waals surface area contributed by atoms with Gasteiger partial charge in [-0.2, -0.15) is 0 Å². The highest BCUT2D eigenvalue weighted by Crippen LogP contribution is 2.20. The quantitative estimate of drug-likeness (QED) is 0.620. The van der Waals surface area contributed by atoms with Gasteiger partial charge in [-0.3, -0.25) is 11.3 Å². The summed E-state index contributed by atoms with van der Waals surface area (Å²) in [4.78, 5) is 0. The molecule has 0 aliphatic carbocycles. The van der Waals surface area contributed by atoms with Gasteiger partial charge in [0.05, 0.1) is 6.10 Å². The van der Waals surface area contributed by atoms with Crippen LogP contribution in [0.2, 0.25) is 0 Å². The van der Waals surface area contributed by atoms with E-state index < -0.39 is 0 Å². The van der Waals surface area contributed by atoms with Crippen molar-refractivity contribution in [3.63, 3.8) is 0 Å². The zero-order valence-corrected chi connectivity index (χ0v) is 12.8. The van der Waals surface area contributed by atoms with Crippen molar-refractivity contribution in [2.24, 2.45) is 5.84 Å². The lowest BCUT2D eigenvalue weighted by molar-refractivity contribution is 0.00524. The van der Waals surface area contributed by atoms with Gasteiger partial charge in [0, 0.05) is 12.6 Å². The number of hydrazine groups is 1. The number of ether oxygens (including phenoxy) is 1. The molecule has 0 saturated carbocycles. The highest BCUT2D eigenvalue weighted by molar-refractivity contribution is 5.25. The first-order valence-electron chi connectivity index (χ1n) is 7.85. The Morgan fingerprint density at radius 1 is 1.25 bits per heavy atom. The summed E-state index contributed by atoms with van der Waals surface area (Å²) in [6.07, 6.45) is 6.00. The largest absolute Gasteiger partial charge is 0.378 e. The van der Waals surface area contributed by atoms with Crippen molar-refractivity contribution in [3.05, 3.63) is 35.4 Å². The molecule has 3 N–H and O–H groups in total. The highest BCUT2D eigenvalue weighted by Gasteiger charge is 2.19. The van der Waals surface area contributed by atoms with Crippen LogP contribution in [-0.4, -0.2) is 18.8 Å². The van der Waals surface area contributed by atoms with Crippen molar-refractivity contribution >= 4 is 0 Å². The summed E-state index contributed by atoms with van der Waals surface area (Å²) in [6, 6.07) is 9.20. The Kier molecular flexibility index (Phi) is 6.02. The molecule has 3 nitrogen and oxygen atoms in total. The second-order valence-corrected chi connectivity index (χ2v) is 6.19. The number of rotatable bonds is 6. The number of nitrogens with one attached hydrogen (secondary N) is 1. The molecule has 0 bridgehead atoms. The molecule has 1 fully saturated rings. The van der Waals surface area contributed by atoms with Gasteiger partial charge in [0.1, 0.15) is 0 Å². The van der Waals surface area contributed by atoms with Crippen LogP contribution in [0.3, 0.4) is 0 Å². The van der Waals surface area contributed by atoms with E-state index in [2.05, 4.69) is 43.5 Å². The minimum atomic E-state index is 0.294. The summed E-state index contributed by atoms with van der Waals surface area (Å²) in [5.74, 6) is 6.30. The third-order valence-corrected chi connectivity index (χ3v) is 4.19. The minimum absolute atomic E-state index is 0.294. The average Bonchev–Trinajstić information content (AvgIpc) is 2.48. The maximum absolute atomic E-state index is 5.80. The van der Waals surface area contributed by atoms with E-state index in [-0.39, 0.29) is 0 Å². The van der Waals surface area contributed by atoms with Crippen LogP contribution in [0.25, 0.3) is 0 Å². The van der Waals surface area contributed by atoms with Gasteiger partial charge in [-0.15, -0.1) is 0 Å². The molecule has 2 unspecified atom stereocenters. The van der Waals surface area contributed by atoms with Crippen LogP contribution in [0.15, 0.2) is 24.3 Å². The fraction of sp³-hybridized carbons (Fsp3) is 0.647. The van der Waals surface area contributed by atoms with Gasteiger partial charge in [-0.25, -0.2) is 0 Å². The minimum Gasteiger partial charge on any atom is -0.378 e. The second kappa shape index (κ2) is 7.77. The van der Waals surface area contributed by atoms with E-state index in [0.717, 1.165) is 19.4 Å². The average molecular weight is 276 g/mol. The van der Waals surface area contributed by atoms with Gasteiger partial charge in [0.15, 0.2) is 0 Å². The molecular formula is C17H28N2O. The third-order valence-electron chi connectivity index (χ3n) is 4.19. The van der Waals surface area contributed by atoms with E-state index in [4.69, 9.17) is 10.6 Å².